The molecule has 5 heterocycles. The van der Waals surface area contributed by atoms with Crippen molar-refractivity contribution in [1.29, 1.82) is 0 Å². The molecule has 4 aromatic heterocycles. The van der Waals surface area contributed by atoms with Gasteiger partial charge in [-0.2, -0.15) is 5.10 Å². The second-order valence-corrected chi connectivity index (χ2v) is 8.68. The fourth-order valence-electron chi connectivity index (χ4n) is 4.44. The molecule has 9 nitrogen and oxygen atoms in total. The maximum atomic E-state index is 13.0. The molecule has 1 fully saturated rings. The molecule has 0 atom stereocenters. The van der Waals surface area contributed by atoms with Crippen LogP contribution in [0.2, 0.25) is 0 Å². The minimum Gasteiger partial charge on any atom is -0.324 e. The number of aryl methyl sites for hydroxylation is 1. The number of carbonyl (C=O) groups is 1. The van der Waals surface area contributed by atoms with Gasteiger partial charge in [0.2, 0.25) is 5.56 Å². The third-order valence-electron chi connectivity index (χ3n) is 6.19. The summed E-state index contributed by atoms with van der Waals surface area (Å²) in [6.07, 6.45) is 6.87. The summed E-state index contributed by atoms with van der Waals surface area (Å²) < 4.78 is 3.61. The molecule has 9 heteroatoms. The summed E-state index contributed by atoms with van der Waals surface area (Å²) in [6, 6.07) is 16.4. The third kappa shape index (κ3) is 4.92. The smallest absolute Gasteiger partial charge is 0.274 e. The van der Waals surface area contributed by atoms with Crippen molar-refractivity contribution in [3.63, 3.8) is 0 Å². The zero-order valence-corrected chi connectivity index (χ0v) is 20.2. The molecule has 36 heavy (non-hydrogen) atoms. The number of amides is 1. The van der Waals surface area contributed by atoms with E-state index in [2.05, 4.69) is 20.6 Å². The van der Waals surface area contributed by atoms with E-state index in [9.17, 15) is 9.59 Å². The molecule has 1 aromatic carbocycles. The summed E-state index contributed by atoms with van der Waals surface area (Å²) in [7, 11) is 0. The predicted molar refractivity (Wildman–Crippen MR) is 141 cm³/mol. The maximum Gasteiger partial charge on any atom is 0.274 e. The van der Waals surface area contributed by atoms with Crippen molar-refractivity contribution in [2.45, 2.75) is 32.7 Å². The SMILES string of the molecule is C1CCNC1.CCc1nn(Cc2cccc(=O)[nH]2)c2cccc(NC(=O)c3cnc4ccccn34)c12. The summed E-state index contributed by atoms with van der Waals surface area (Å²) in [5.74, 6) is -0.242. The number of fused-ring (bicyclic) bond motifs is 2. The molecule has 5 aromatic rings. The van der Waals surface area contributed by atoms with Gasteiger partial charge >= 0.3 is 0 Å². The molecule has 0 saturated carbocycles. The van der Waals surface area contributed by atoms with Gasteiger partial charge in [-0.05, 0) is 62.7 Å². The number of benzene rings is 1. The van der Waals surface area contributed by atoms with Crippen molar-refractivity contribution in [3.05, 3.63) is 94.4 Å². The van der Waals surface area contributed by atoms with Crippen molar-refractivity contribution in [1.82, 2.24) is 29.5 Å². The third-order valence-corrected chi connectivity index (χ3v) is 6.19. The van der Waals surface area contributed by atoms with Crippen LogP contribution in [0.15, 0.2) is 71.8 Å². The van der Waals surface area contributed by atoms with E-state index in [1.807, 2.05) is 60.3 Å². The van der Waals surface area contributed by atoms with Gasteiger partial charge in [-0.1, -0.05) is 25.1 Å². The van der Waals surface area contributed by atoms with Crippen LogP contribution in [-0.4, -0.2) is 43.1 Å². The molecule has 1 aliphatic rings. The van der Waals surface area contributed by atoms with Crippen LogP contribution in [0.4, 0.5) is 5.69 Å². The molecule has 184 valence electrons. The lowest BCUT2D eigenvalue weighted by Gasteiger charge is -2.08. The van der Waals surface area contributed by atoms with E-state index in [4.69, 9.17) is 5.10 Å². The van der Waals surface area contributed by atoms with E-state index >= 15 is 0 Å². The van der Waals surface area contributed by atoms with Crippen LogP contribution in [0.25, 0.3) is 16.6 Å². The first-order chi connectivity index (χ1) is 17.6. The highest BCUT2D eigenvalue weighted by Crippen LogP contribution is 2.28. The van der Waals surface area contributed by atoms with Gasteiger partial charge in [0.1, 0.15) is 11.3 Å². The van der Waals surface area contributed by atoms with Gasteiger partial charge in [-0.3, -0.25) is 18.7 Å². The summed E-state index contributed by atoms with van der Waals surface area (Å²) in [5, 5.41) is 11.9. The number of imidazole rings is 1. The first-order valence-electron chi connectivity index (χ1n) is 12.2. The molecule has 0 unspecified atom stereocenters. The lowest BCUT2D eigenvalue weighted by molar-refractivity contribution is 0.102. The minimum absolute atomic E-state index is 0.148. The molecule has 0 spiro atoms. The Labute approximate surface area is 208 Å². The monoisotopic (exact) mass is 483 g/mol. The van der Waals surface area contributed by atoms with Gasteiger partial charge in [0.15, 0.2) is 0 Å². The van der Waals surface area contributed by atoms with Gasteiger partial charge in [0, 0.05) is 23.3 Å². The van der Waals surface area contributed by atoms with Gasteiger partial charge in [0.25, 0.3) is 5.91 Å². The quantitative estimate of drug-likeness (QED) is 0.354. The van der Waals surface area contributed by atoms with Crippen molar-refractivity contribution in [2.75, 3.05) is 18.4 Å². The first kappa shape index (κ1) is 23.5. The second-order valence-electron chi connectivity index (χ2n) is 8.68. The van der Waals surface area contributed by atoms with Crippen molar-refractivity contribution >= 4 is 28.1 Å². The number of rotatable bonds is 5. The average molecular weight is 484 g/mol. The average Bonchev–Trinajstić information content (AvgIpc) is 3.66. The molecule has 3 N–H and O–H groups in total. The van der Waals surface area contributed by atoms with E-state index in [0.717, 1.165) is 22.3 Å². The Bertz CT molecular complexity index is 1550. The minimum atomic E-state index is -0.242. The van der Waals surface area contributed by atoms with Gasteiger partial charge < -0.3 is 15.6 Å². The zero-order chi connectivity index (χ0) is 24.9. The van der Waals surface area contributed by atoms with Gasteiger partial charge in [0.05, 0.1) is 29.6 Å². The number of aromatic nitrogens is 5. The van der Waals surface area contributed by atoms with E-state index in [-0.39, 0.29) is 11.5 Å². The Morgan fingerprint density at radius 3 is 2.64 bits per heavy atom. The standard InChI is InChI=1S/C23H20N6O2.C4H9N/c1-2-16-22-17(26-23(31)19-13-24-20-10-3-4-12-28(19)20)8-6-9-18(22)29(27-16)14-15-7-5-11-21(30)25-15;1-2-4-5-3-1/h3-13H,2,14H2,1H3,(H,25,30)(H,26,31);5H,1-4H2. The molecule has 0 radical (unpaired) electrons. The molecule has 1 amide bonds. The number of hydrogen-bond donors (Lipinski definition) is 3. The molecule has 1 saturated heterocycles. The summed E-state index contributed by atoms with van der Waals surface area (Å²) >= 11 is 0. The largest absolute Gasteiger partial charge is 0.324 e. The predicted octanol–water partition coefficient (Wildman–Crippen LogP) is 3.61. The van der Waals surface area contributed by atoms with E-state index in [1.165, 1.54) is 32.0 Å². The Morgan fingerprint density at radius 2 is 1.89 bits per heavy atom. The molecule has 0 bridgehead atoms. The maximum absolute atomic E-state index is 13.0. The van der Waals surface area contributed by atoms with Gasteiger partial charge in [-0.25, -0.2) is 4.98 Å². The lowest BCUT2D eigenvalue weighted by Crippen LogP contribution is -2.14. The highest BCUT2D eigenvalue weighted by atomic mass is 16.2. The van der Waals surface area contributed by atoms with Gasteiger partial charge in [-0.15, -0.1) is 0 Å². The Hall–Kier alpha value is -4.24. The number of pyridine rings is 2. The van der Waals surface area contributed by atoms with Crippen LogP contribution in [0.5, 0.6) is 0 Å². The van der Waals surface area contributed by atoms with Crippen LogP contribution in [0.3, 0.4) is 0 Å². The molecule has 1 aliphatic heterocycles. The molecular weight excluding hydrogens is 454 g/mol. The van der Waals surface area contributed by atoms with Crippen LogP contribution in [0.1, 0.15) is 41.6 Å². The van der Waals surface area contributed by atoms with Crippen molar-refractivity contribution in [2.24, 2.45) is 0 Å². The topological polar surface area (TPSA) is 109 Å². The summed E-state index contributed by atoms with van der Waals surface area (Å²) in [4.78, 5) is 31.8. The Morgan fingerprint density at radius 1 is 1.06 bits per heavy atom. The zero-order valence-electron chi connectivity index (χ0n) is 20.2. The number of hydrogen-bond acceptors (Lipinski definition) is 5. The van der Waals surface area contributed by atoms with Crippen LogP contribution in [0, 0.1) is 0 Å². The number of nitrogens with one attached hydrogen (secondary N) is 3. The van der Waals surface area contributed by atoms with E-state index < -0.39 is 0 Å². The molecular formula is C27H29N7O2. The van der Waals surface area contributed by atoms with Crippen molar-refractivity contribution in [3.8, 4) is 0 Å². The van der Waals surface area contributed by atoms with E-state index in [1.54, 1.807) is 16.7 Å². The Balaban J connectivity index is 0.000000477. The summed E-state index contributed by atoms with van der Waals surface area (Å²) in [6.45, 7) is 4.96. The molecule has 6 rings (SSSR count). The van der Waals surface area contributed by atoms with Crippen LogP contribution < -0.4 is 16.2 Å². The lowest BCUT2D eigenvalue weighted by atomic mass is 10.1. The molecule has 0 aliphatic carbocycles. The van der Waals surface area contributed by atoms with E-state index in [0.29, 0.717) is 30.0 Å². The highest BCUT2D eigenvalue weighted by Gasteiger charge is 2.17. The van der Waals surface area contributed by atoms with Crippen molar-refractivity contribution < 1.29 is 4.79 Å². The second kappa shape index (κ2) is 10.6. The fraction of sp³-hybridized carbons (Fsp3) is 0.259. The number of carbonyl (C=O) groups excluding carboxylic acids is 1. The Kier molecular flexibility index (Phi) is 6.90. The number of anilines is 1. The fourth-order valence-corrected chi connectivity index (χ4v) is 4.44. The van der Waals surface area contributed by atoms with Crippen LogP contribution >= 0.6 is 0 Å². The normalized spacial score (nSPS) is 13.0. The first-order valence-corrected chi connectivity index (χ1v) is 12.2. The van der Waals surface area contributed by atoms with Crippen LogP contribution in [-0.2, 0) is 13.0 Å². The number of aromatic amines is 1. The number of nitrogens with zero attached hydrogens (tertiary/aromatic N) is 4. The highest BCUT2D eigenvalue weighted by molar-refractivity contribution is 6.08. The summed E-state index contributed by atoms with van der Waals surface area (Å²) in [5.41, 5.74) is 4.24. The number of H-pyrrole nitrogens is 1.